The van der Waals surface area contributed by atoms with Crippen LogP contribution in [0.25, 0.3) is 0 Å². The zero-order chi connectivity index (χ0) is 20.2. The Labute approximate surface area is 162 Å². The van der Waals surface area contributed by atoms with Crippen molar-refractivity contribution in [2.45, 2.75) is 44.7 Å². The number of anilines is 1. The molecule has 28 heavy (non-hydrogen) atoms. The van der Waals surface area contributed by atoms with E-state index in [9.17, 15) is 22.8 Å². The highest BCUT2D eigenvalue weighted by molar-refractivity contribution is 5.91. The van der Waals surface area contributed by atoms with E-state index >= 15 is 0 Å². The van der Waals surface area contributed by atoms with Gasteiger partial charge in [-0.2, -0.15) is 13.2 Å². The molecule has 0 spiro atoms. The van der Waals surface area contributed by atoms with E-state index in [4.69, 9.17) is 4.74 Å². The van der Waals surface area contributed by atoms with Crippen molar-refractivity contribution < 1.29 is 27.5 Å². The maximum Gasteiger partial charge on any atom is 0.416 e. The Hall–Kier alpha value is -2.09. The Morgan fingerprint density at radius 2 is 1.64 bits per heavy atom. The largest absolute Gasteiger partial charge is 0.416 e. The lowest BCUT2D eigenvalue weighted by Crippen LogP contribution is -2.43. The number of hydrogen-bond acceptors (Lipinski definition) is 3. The van der Waals surface area contributed by atoms with Crippen LogP contribution in [0, 0.1) is 5.41 Å². The number of nitrogens with zero attached hydrogens (tertiary/aromatic N) is 1. The Bertz CT molecular complexity index is 692. The molecule has 1 saturated carbocycles. The first-order valence-electron chi connectivity index (χ1n) is 9.60. The van der Waals surface area contributed by atoms with Gasteiger partial charge in [0.1, 0.15) is 0 Å². The summed E-state index contributed by atoms with van der Waals surface area (Å²) in [6, 6.07) is 4.40. The lowest BCUT2D eigenvalue weighted by atomic mass is 9.78. The molecule has 0 aromatic heterocycles. The van der Waals surface area contributed by atoms with Gasteiger partial charge in [-0.1, -0.05) is 12.8 Å². The van der Waals surface area contributed by atoms with Crippen molar-refractivity contribution in [1.29, 1.82) is 0 Å². The standard InChI is InChI=1S/C20H25F3N2O3/c21-20(22,23)15-3-5-16(6-4-15)24-17(26)13-19(7-1-2-8-19)14-18(27)25-9-11-28-12-10-25/h3-6H,1-2,7-14H2,(H,24,26). The topological polar surface area (TPSA) is 58.6 Å². The normalized spacial score (nSPS) is 19.5. The zero-order valence-electron chi connectivity index (χ0n) is 15.7. The van der Waals surface area contributed by atoms with Gasteiger partial charge >= 0.3 is 6.18 Å². The van der Waals surface area contributed by atoms with Gasteiger partial charge < -0.3 is 15.0 Å². The number of ether oxygens (including phenoxy) is 1. The summed E-state index contributed by atoms with van der Waals surface area (Å²) < 4.78 is 43.2. The van der Waals surface area contributed by atoms with Crippen LogP contribution in [0.2, 0.25) is 0 Å². The molecule has 2 fully saturated rings. The monoisotopic (exact) mass is 398 g/mol. The number of carbonyl (C=O) groups excluding carboxylic acids is 2. The third-order valence-electron chi connectivity index (χ3n) is 5.59. The third-order valence-corrected chi connectivity index (χ3v) is 5.59. The lowest BCUT2D eigenvalue weighted by molar-refractivity contribution is -0.138. The van der Waals surface area contributed by atoms with E-state index in [2.05, 4.69) is 5.32 Å². The van der Waals surface area contributed by atoms with Crippen LogP contribution >= 0.6 is 0 Å². The average molecular weight is 398 g/mol. The van der Waals surface area contributed by atoms with Gasteiger partial charge in [-0.3, -0.25) is 9.59 Å². The van der Waals surface area contributed by atoms with Gasteiger partial charge in [0.05, 0.1) is 18.8 Å². The summed E-state index contributed by atoms with van der Waals surface area (Å²) in [6.07, 6.45) is -0.311. The number of hydrogen-bond donors (Lipinski definition) is 1. The lowest BCUT2D eigenvalue weighted by Gasteiger charge is -2.33. The van der Waals surface area contributed by atoms with Gasteiger partial charge in [-0.15, -0.1) is 0 Å². The zero-order valence-corrected chi connectivity index (χ0v) is 15.7. The van der Waals surface area contributed by atoms with Gasteiger partial charge in [0, 0.05) is 31.6 Å². The summed E-state index contributed by atoms with van der Waals surface area (Å²) in [5.41, 5.74) is -0.801. The molecule has 5 nitrogen and oxygen atoms in total. The second kappa shape index (κ2) is 8.51. The summed E-state index contributed by atoms with van der Waals surface area (Å²) in [6.45, 7) is 2.22. The summed E-state index contributed by atoms with van der Waals surface area (Å²) in [5.74, 6) is -0.219. The van der Waals surface area contributed by atoms with Crippen molar-refractivity contribution in [3.8, 4) is 0 Å². The summed E-state index contributed by atoms with van der Waals surface area (Å²) in [5, 5.41) is 2.67. The van der Waals surface area contributed by atoms with Crippen LogP contribution in [-0.4, -0.2) is 43.0 Å². The summed E-state index contributed by atoms with van der Waals surface area (Å²) >= 11 is 0. The molecular weight excluding hydrogens is 373 g/mol. The molecule has 1 aromatic rings. The first-order valence-corrected chi connectivity index (χ1v) is 9.60. The van der Waals surface area contributed by atoms with Crippen molar-refractivity contribution >= 4 is 17.5 Å². The number of amides is 2. The molecule has 3 rings (SSSR count). The fraction of sp³-hybridized carbons (Fsp3) is 0.600. The van der Waals surface area contributed by atoms with E-state index in [1.165, 1.54) is 12.1 Å². The highest BCUT2D eigenvalue weighted by Gasteiger charge is 2.39. The molecule has 1 aromatic carbocycles. The first-order chi connectivity index (χ1) is 13.3. The number of alkyl halides is 3. The minimum atomic E-state index is -4.41. The molecule has 0 radical (unpaired) electrons. The predicted octanol–water partition coefficient (Wildman–Crippen LogP) is 3.84. The highest BCUT2D eigenvalue weighted by atomic mass is 19.4. The van der Waals surface area contributed by atoms with E-state index in [1.54, 1.807) is 4.90 Å². The van der Waals surface area contributed by atoms with Gasteiger partial charge in [-0.25, -0.2) is 0 Å². The molecule has 0 unspecified atom stereocenters. The Morgan fingerprint density at radius 3 is 2.21 bits per heavy atom. The van der Waals surface area contributed by atoms with Crippen LogP contribution in [-0.2, 0) is 20.5 Å². The maximum absolute atomic E-state index is 12.7. The van der Waals surface area contributed by atoms with Crippen molar-refractivity contribution in [2.24, 2.45) is 5.41 Å². The second-order valence-electron chi connectivity index (χ2n) is 7.68. The average Bonchev–Trinajstić information content (AvgIpc) is 3.09. The van der Waals surface area contributed by atoms with Crippen LogP contribution in [0.3, 0.4) is 0 Å². The van der Waals surface area contributed by atoms with Gasteiger partial charge in [0.25, 0.3) is 0 Å². The van der Waals surface area contributed by atoms with E-state index < -0.39 is 11.7 Å². The summed E-state index contributed by atoms with van der Waals surface area (Å²) in [7, 11) is 0. The van der Waals surface area contributed by atoms with E-state index in [1.807, 2.05) is 0 Å². The molecule has 1 N–H and O–H groups in total. The van der Waals surface area contributed by atoms with Crippen molar-refractivity contribution in [3.63, 3.8) is 0 Å². The molecule has 154 valence electrons. The van der Waals surface area contributed by atoms with Crippen molar-refractivity contribution in [1.82, 2.24) is 4.90 Å². The molecule has 1 saturated heterocycles. The number of morpholine rings is 1. The van der Waals surface area contributed by atoms with Crippen LogP contribution in [0.5, 0.6) is 0 Å². The smallest absolute Gasteiger partial charge is 0.378 e. The van der Waals surface area contributed by atoms with Crippen LogP contribution in [0.4, 0.5) is 18.9 Å². The number of halogens is 3. The molecule has 2 aliphatic rings. The van der Waals surface area contributed by atoms with Crippen LogP contribution in [0.15, 0.2) is 24.3 Å². The highest BCUT2D eigenvalue weighted by Crippen LogP contribution is 2.44. The summed E-state index contributed by atoms with van der Waals surface area (Å²) in [4.78, 5) is 27.0. The number of nitrogens with one attached hydrogen (secondary N) is 1. The molecule has 1 heterocycles. The second-order valence-corrected chi connectivity index (χ2v) is 7.68. The molecule has 2 amide bonds. The van der Waals surface area contributed by atoms with Crippen LogP contribution in [0.1, 0.15) is 44.1 Å². The molecule has 0 atom stereocenters. The Morgan fingerprint density at radius 1 is 1.04 bits per heavy atom. The molecule has 1 aliphatic heterocycles. The predicted molar refractivity (Wildman–Crippen MR) is 97.6 cm³/mol. The molecule has 0 bridgehead atoms. The van der Waals surface area contributed by atoms with Gasteiger partial charge in [-0.05, 0) is 42.5 Å². The molecule has 8 heteroatoms. The number of carbonyl (C=O) groups is 2. The maximum atomic E-state index is 12.7. The number of benzene rings is 1. The SMILES string of the molecule is O=C(CC1(CC(=O)N2CCOCC2)CCCC1)Nc1ccc(C(F)(F)F)cc1. The Kier molecular flexibility index (Phi) is 6.27. The molecular formula is C20H25F3N2O3. The van der Waals surface area contributed by atoms with E-state index in [0.717, 1.165) is 37.8 Å². The minimum Gasteiger partial charge on any atom is -0.378 e. The third kappa shape index (κ3) is 5.25. The number of rotatable bonds is 5. The minimum absolute atomic E-state index is 0.0486. The van der Waals surface area contributed by atoms with Crippen LogP contribution < -0.4 is 5.32 Å². The van der Waals surface area contributed by atoms with Gasteiger partial charge in [0.2, 0.25) is 11.8 Å². The van der Waals surface area contributed by atoms with E-state index in [0.29, 0.717) is 38.4 Å². The Balaban J connectivity index is 1.60. The van der Waals surface area contributed by atoms with E-state index in [-0.39, 0.29) is 23.7 Å². The fourth-order valence-corrected chi connectivity index (χ4v) is 4.07. The molecule has 1 aliphatic carbocycles. The van der Waals surface area contributed by atoms with Crippen molar-refractivity contribution in [2.75, 3.05) is 31.6 Å². The van der Waals surface area contributed by atoms with Crippen molar-refractivity contribution in [3.05, 3.63) is 29.8 Å². The van der Waals surface area contributed by atoms with Gasteiger partial charge in [0.15, 0.2) is 0 Å². The fourth-order valence-electron chi connectivity index (χ4n) is 4.07. The first kappa shape index (κ1) is 20.6. The quantitative estimate of drug-likeness (QED) is 0.820.